The van der Waals surface area contributed by atoms with E-state index in [4.69, 9.17) is 24.1 Å². The third kappa shape index (κ3) is 6.13. The van der Waals surface area contributed by atoms with E-state index in [1.807, 2.05) is 0 Å². The summed E-state index contributed by atoms with van der Waals surface area (Å²) < 4.78 is 21.7. The molecule has 2 aromatic carbocycles. The molecule has 164 valence electrons. The molecule has 0 saturated heterocycles. The topological polar surface area (TPSA) is 124 Å². The Balaban J connectivity index is 1.72. The van der Waals surface area contributed by atoms with Crippen molar-refractivity contribution in [2.75, 3.05) is 19.2 Å². The first-order chi connectivity index (χ1) is 15.0. The van der Waals surface area contributed by atoms with Crippen LogP contribution in [0.1, 0.15) is 24.5 Å². The van der Waals surface area contributed by atoms with E-state index in [-0.39, 0.29) is 12.5 Å². The maximum Gasteiger partial charge on any atom is 0.412 e. The molecule has 0 aliphatic carbocycles. The Morgan fingerprint density at radius 2 is 1.90 bits per heavy atom. The van der Waals surface area contributed by atoms with Gasteiger partial charge in [0.1, 0.15) is 5.75 Å². The lowest BCUT2D eigenvalue weighted by Gasteiger charge is -2.26. The Bertz CT molecular complexity index is 941. The average Bonchev–Trinajstić information content (AvgIpc) is 3.21. The lowest BCUT2D eigenvalue weighted by Crippen LogP contribution is -2.28. The van der Waals surface area contributed by atoms with Gasteiger partial charge in [-0.15, -0.1) is 0 Å². The van der Waals surface area contributed by atoms with Crippen LogP contribution >= 0.6 is 0 Å². The molecule has 0 fully saturated rings. The molecule has 3 rings (SSSR count). The van der Waals surface area contributed by atoms with Crippen LogP contribution in [0, 0.1) is 0 Å². The molecular weight excluding hydrogens is 406 g/mol. The van der Waals surface area contributed by atoms with Crippen molar-refractivity contribution in [1.29, 1.82) is 0 Å². The summed E-state index contributed by atoms with van der Waals surface area (Å²) in [5.74, 6) is 0.150. The lowest BCUT2D eigenvalue weighted by atomic mass is 10.00. The molecule has 0 unspecified atom stereocenters. The van der Waals surface area contributed by atoms with Crippen molar-refractivity contribution in [3.63, 3.8) is 0 Å². The number of hydrogen-bond acceptors (Lipinski definition) is 7. The number of amides is 1. The lowest BCUT2D eigenvalue weighted by molar-refractivity contribution is -0.131. The summed E-state index contributed by atoms with van der Waals surface area (Å²) in [6.45, 7) is 0.123. The molecular formula is C22H23NO8. The van der Waals surface area contributed by atoms with Crippen LogP contribution in [0.4, 0.5) is 10.5 Å². The Labute approximate surface area is 178 Å². The quantitative estimate of drug-likeness (QED) is 0.514. The first-order valence-corrected chi connectivity index (χ1v) is 9.54. The van der Waals surface area contributed by atoms with E-state index in [0.717, 1.165) is 6.08 Å². The van der Waals surface area contributed by atoms with Crippen LogP contribution in [0.5, 0.6) is 17.2 Å². The highest BCUT2D eigenvalue weighted by Crippen LogP contribution is 2.34. The Morgan fingerprint density at radius 3 is 2.61 bits per heavy atom. The maximum absolute atomic E-state index is 12.6. The van der Waals surface area contributed by atoms with Gasteiger partial charge in [-0.1, -0.05) is 18.2 Å². The number of allylic oxidation sites excluding steroid dienone is 1. The van der Waals surface area contributed by atoms with Gasteiger partial charge in [0.05, 0.1) is 6.10 Å². The number of fused-ring (bicyclic) bond motifs is 1. The van der Waals surface area contributed by atoms with Gasteiger partial charge in [0, 0.05) is 24.9 Å². The van der Waals surface area contributed by atoms with Gasteiger partial charge in [0.2, 0.25) is 6.79 Å². The number of nitrogens with one attached hydrogen (secondary N) is 1. The van der Waals surface area contributed by atoms with Crippen molar-refractivity contribution < 1.29 is 38.7 Å². The fraction of sp³-hybridized carbons (Fsp3) is 0.273. The molecule has 2 aromatic rings. The van der Waals surface area contributed by atoms with Crippen molar-refractivity contribution in [2.24, 2.45) is 0 Å². The van der Waals surface area contributed by atoms with E-state index in [1.165, 1.54) is 25.3 Å². The number of ether oxygens (including phenoxy) is 4. The number of benzene rings is 2. The molecule has 31 heavy (non-hydrogen) atoms. The van der Waals surface area contributed by atoms with Crippen molar-refractivity contribution in [2.45, 2.75) is 25.0 Å². The number of carboxylic acid groups (broad SMARTS) is 1. The number of carboxylic acids is 1. The Hall–Kier alpha value is -3.72. The predicted octanol–water partition coefficient (Wildman–Crippen LogP) is 3.85. The van der Waals surface area contributed by atoms with E-state index in [0.29, 0.717) is 35.6 Å². The second kappa shape index (κ2) is 10.4. The number of methoxy groups -OCH3 is 1. The van der Waals surface area contributed by atoms with Crippen LogP contribution in [0.2, 0.25) is 0 Å². The van der Waals surface area contributed by atoms with E-state index in [1.54, 1.807) is 30.3 Å². The second-order valence-corrected chi connectivity index (χ2v) is 6.70. The summed E-state index contributed by atoms with van der Waals surface area (Å²) in [5, 5.41) is 21.0. The highest BCUT2D eigenvalue weighted by atomic mass is 16.7. The molecule has 9 nitrogen and oxygen atoms in total. The minimum Gasteiger partial charge on any atom is -0.508 e. The zero-order valence-corrected chi connectivity index (χ0v) is 16.8. The fourth-order valence-electron chi connectivity index (χ4n) is 3.10. The van der Waals surface area contributed by atoms with Crippen molar-refractivity contribution in [3.05, 3.63) is 60.2 Å². The van der Waals surface area contributed by atoms with Gasteiger partial charge in [0.25, 0.3) is 0 Å². The molecule has 0 bridgehead atoms. The molecule has 1 aliphatic rings. The van der Waals surface area contributed by atoms with E-state index in [9.17, 15) is 14.7 Å². The number of aliphatic carboxylic acids is 1. The summed E-state index contributed by atoms with van der Waals surface area (Å²) in [7, 11) is 1.48. The number of phenols is 1. The molecule has 0 aromatic heterocycles. The predicted molar refractivity (Wildman–Crippen MR) is 110 cm³/mol. The monoisotopic (exact) mass is 429 g/mol. The molecule has 3 N–H and O–H groups in total. The van der Waals surface area contributed by atoms with Gasteiger partial charge >= 0.3 is 12.1 Å². The smallest absolute Gasteiger partial charge is 0.412 e. The van der Waals surface area contributed by atoms with Crippen molar-refractivity contribution in [3.8, 4) is 17.2 Å². The standard InChI is InChI=1S/C22H23NO8/c1-28-18(4-2-3-5-20(25)26)21(14-6-9-16(24)10-7-14)31-22(27)23-15-8-11-17-19(12-15)30-13-29-17/h3,5-12,18,21,24H,2,4,13H2,1H3,(H,23,27)(H,25,26)/b5-3+/t18-,21-/m0/s1. The second-order valence-electron chi connectivity index (χ2n) is 6.70. The summed E-state index contributed by atoms with van der Waals surface area (Å²) in [4.78, 5) is 23.3. The summed E-state index contributed by atoms with van der Waals surface area (Å²) in [6, 6.07) is 11.2. The van der Waals surface area contributed by atoms with Crippen LogP contribution in [-0.2, 0) is 14.3 Å². The summed E-state index contributed by atoms with van der Waals surface area (Å²) in [6.07, 6.45) is 1.32. The number of carbonyl (C=O) groups is 2. The van der Waals surface area contributed by atoms with E-state index >= 15 is 0 Å². The minimum atomic E-state index is -1.04. The third-order valence-electron chi connectivity index (χ3n) is 4.59. The van der Waals surface area contributed by atoms with Gasteiger partial charge in [-0.2, -0.15) is 0 Å². The van der Waals surface area contributed by atoms with Gasteiger partial charge in [-0.25, -0.2) is 9.59 Å². The molecule has 0 radical (unpaired) electrons. The maximum atomic E-state index is 12.6. The van der Waals surface area contributed by atoms with Crippen LogP contribution in [0.3, 0.4) is 0 Å². The first-order valence-electron chi connectivity index (χ1n) is 9.54. The van der Waals surface area contributed by atoms with Crippen LogP contribution in [-0.4, -0.2) is 42.3 Å². The number of anilines is 1. The zero-order chi connectivity index (χ0) is 22.2. The molecule has 1 heterocycles. The van der Waals surface area contributed by atoms with Crippen LogP contribution in [0.15, 0.2) is 54.6 Å². The third-order valence-corrected chi connectivity index (χ3v) is 4.59. The van der Waals surface area contributed by atoms with Crippen LogP contribution < -0.4 is 14.8 Å². The largest absolute Gasteiger partial charge is 0.508 e. The number of carbonyl (C=O) groups excluding carboxylic acids is 1. The van der Waals surface area contributed by atoms with Gasteiger partial charge in [-0.3, -0.25) is 5.32 Å². The SMILES string of the molecule is CO[C@@H](CC/C=C/C(=O)O)[C@@H](OC(=O)Nc1ccc2c(c1)OCO2)c1ccc(O)cc1. The fourth-order valence-corrected chi connectivity index (χ4v) is 3.10. The van der Waals surface area contributed by atoms with Gasteiger partial charge in [-0.05, 0) is 42.7 Å². The van der Waals surface area contributed by atoms with Crippen LogP contribution in [0.25, 0.3) is 0 Å². The number of phenolic OH excluding ortho intramolecular Hbond substituents is 1. The molecule has 2 atom stereocenters. The van der Waals surface area contributed by atoms with Crippen molar-refractivity contribution >= 4 is 17.7 Å². The average molecular weight is 429 g/mol. The van der Waals surface area contributed by atoms with Gasteiger partial charge in [0.15, 0.2) is 17.6 Å². The summed E-state index contributed by atoms with van der Waals surface area (Å²) in [5.41, 5.74) is 1.09. The Morgan fingerprint density at radius 1 is 1.16 bits per heavy atom. The molecule has 0 saturated carbocycles. The highest BCUT2D eigenvalue weighted by molar-refractivity contribution is 5.85. The number of rotatable bonds is 9. The first kappa shape index (κ1) is 22.0. The minimum absolute atomic E-state index is 0.0747. The molecule has 9 heteroatoms. The Kier molecular flexibility index (Phi) is 7.34. The van der Waals surface area contributed by atoms with E-state index in [2.05, 4.69) is 5.32 Å². The van der Waals surface area contributed by atoms with Gasteiger partial charge < -0.3 is 29.2 Å². The molecule has 0 spiro atoms. The highest BCUT2D eigenvalue weighted by Gasteiger charge is 2.27. The number of aromatic hydroxyl groups is 1. The normalized spacial score (nSPS) is 14.2. The summed E-state index contributed by atoms with van der Waals surface area (Å²) >= 11 is 0. The molecule has 1 amide bonds. The van der Waals surface area contributed by atoms with E-state index < -0.39 is 24.3 Å². The zero-order valence-electron chi connectivity index (χ0n) is 16.8. The molecule has 1 aliphatic heterocycles. The number of hydrogen-bond donors (Lipinski definition) is 3. The van der Waals surface area contributed by atoms with Crippen molar-refractivity contribution in [1.82, 2.24) is 0 Å².